The molecule has 0 spiro atoms. The lowest BCUT2D eigenvalue weighted by Gasteiger charge is -1.90. The number of rotatable bonds is 4. The highest BCUT2D eigenvalue weighted by Gasteiger charge is 1.72. The van der Waals surface area contributed by atoms with E-state index in [4.69, 9.17) is 0 Å². The first kappa shape index (κ1) is 12.7. The summed E-state index contributed by atoms with van der Waals surface area (Å²) in [5.74, 6) is 0. The molecule has 0 heterocycles. The molecule has 1 nitrogen and oxygen atoms in total. The van der Waals surface area contributed by atoms with Gasteiger partial charge in [-0.1, -0.05) is 48.0 Å². The van der Waals surface area contributed by atoms with Crippen molar-refractivity contribution in [1.82, 2.24) is 5.32 Å². The van der Waals surface area contributed by atoms with Crippen LogP contribution in [0.3, 0.4) is 0 Å². The van der Waals surface area contributed by atoms with Crippen molar-refractivity contribution >= 4 is 0 Å². The Morgan fingerprint density at radius 2 is 1.57 bits per heavy atom. The highest BCUT2D eigenvalue weighted by atomic mass is 14.8. The standard InChI is InChI=1S/C7H8.C6H11N/c1-7-5-3-2-4-6-7;1-3-5-7-6-4-2/h2-6H,1H3;3-4,7H,1-2,5-6H2. The molecule has 0 radical (unpaired) electrons. The Balaban J connectivity index is 0.000000241. The van der Waals surface area contributed by atoms with Gasteiger partial charge in [-0.15, -0.1) is 13.2 Å². The second kappa shape index (κ2) is 9.75. The van der Waals surface area contributed by atoms with Crippen LogP contribution >= 0.6 is 0 Å². The van der Waals surface area contributed by atoms with Crippen molar-refractivity contribution in [3.63, 3.8) is 0 Å². The Labute approximate surface area is 87.2 Å². The molecular weight excluding hydrogens is 170 g/mol. The summed E-state index contributed by atoms with van der Waals surface area (Å²) >= 11 is 0. The fourth-order valence-corrected chi connectivity index (χ4v) is 0.822. The Kier molecular flexibility index (Phi) is 8.81. The third kappa shape index (κ3) is 8.75. The zero-order valence-electron chi connectivity index (χ0n) is 8.87. The second-order valence-corrected chi connectivity index (χ2v) is 2.89. The predicted octanol–water partition coefficient (Wildman–Crippen LogP) is 2.94. The number of hydrogen-bond acceptors (Lipinski definition) is 1. The summed E-state index contributed by atoms with van der Waals surface area (Å²) in [4.78, 5) is 0. The third-order valence-corrected chi connectivity index (χ3v) is 1.52. The maximum atomic E-state index is 3.54. The van der Waals surface area contributed by atoms with Crippen molar-refractivity contribution in [3.05, 3.63) is 61.2 Å². The molecule has 1 aromatic carbocycles. The summed E-state index contributed by atoms with van der Waals surface area (Å²) in [5, 5.41) is 3.05. The van der Waals surface area contributed by atoms with Crippen LogP contribution in [0.25, 0.3) is 0 Å². The molecule has 0 fully saturated rings. The minimum absolute atomic E-state index is 0.867. The van der Waals surface area contributed by atoms with Gasteiger partial charge in [-0.25, -0.2) is 0 Å². The monoisotopic (exact) mass is 189 g/mol. The fourth-order valence-electron chi connectivity index (χ4n) is 0.822. The van der Waals surface area contributed by atoms with Gasteiger partial charge >= 0.3 is 0 Å². The molecule has 0 saturated carbocycles. The Morgan fingerprint density at radius 3 is 1.86 bits per heavy atom. The molecule has 76 valence electrons. The molecule has 14 heavy (non-hydrogen) atoms. The zero-order valence-corrected chi connectivity index (χ0v) is 8.87. The summed E-state index contributed by atoms with van der Waals surface area (Å²) in [6, 6.07) is 10.3. The largest absolute Gasteiger partial charge is 0.310 e. The van der Waals surface area contributed by atoms with E-state index in [9.17, 15) is 0 Å². The summed E-state index contributed by atoms with van der Waals surface area (Å²) < 4.78 is 0. The van der Waals surface area contributed by atoms with Gasteiger partial charge in [-0.05, 0) is 6.92 Å². The van der Waals surface area contributed by atoms with E-state index in [1.807, 2.05) is 30.4 Å². The van der Waals surface area contributed by atoms with Crippen molar-refractivity contribution in [2.24, 2.45) is 0 Å². The molecule has 0 aliphatic rings. The SMILES string of the molecule is C=CCNCC=C.Cc1ccccc1. The molecule has 0 saturated heterocycles. The first-order valence-electron chi connectivity index (χ1n) is 4.75. The van der Waals surface area contributed by atoms with Gasteiger partial charge in [-0.3, -0.25) is 0 Å². The zero-order chi connectivity index (χ0) is 10.6. The summed E-state index contributed by atoms with van der Waals surface area (Å²) in [7, 11) is 0. The normalized spacial score (nSPS) is 8.36. The van der Waals surface area contributed by atoms with Gasteiger partial charge in [0.05, 0.1) is 0 Å². The average molecular weight is 189 g/mol. The first-order chi connectivity index (χ1) is 6.81. The van der Waals surface area contributed by atoms with E-state index in [0.717, 1.165) is 13.1 Å². The van der Waals surface area contributed by atoms with E-state index >= 15 is 0 Å². The van der Waals surface area contributed by atoms with Gasteiger partial charge < -0.3 is 5.32 Å². The van der Waals surface area contributed by atoms with Crippen molar-refractivity contribution < 1.29 is 0 Å². The van der Waals surface area contributed by atoms with Crippen LogP contribution in [-0.4, -0.2) is 13.1 Å². The second-order valence-electron chi connectivity index (χ2n) is 2.89. The molecule has 0 amide bonds. The third-order valence-electron chi connectivity index (χ3n) is 1.52. The van der Waals surface area contributed by atoms with Gasteiger partial charge in [0, 0.05) is 13.1 Å². The lowest BCUT2D eigenvalue weighted by atomic mass is 10.2. The number of nitrogens with one attached hydrogen (secondary N) is 1. The molecule has 0 aromatic heterocycles. The lowest BCUT2D eigenvalue weighted by molar-refractivity contribution is 0.845. The van der Waals surface area contributed by atoms with Crippen LogP contribution in [-0.2, 0) is 0 Å². The van der Waals surface area contributed by atoms with Crippen molar-refractivity contribution in [2.45, 2.75) is 6.92 Å². The van der Waals surface area contributed by atoms with Crippen molar-refractivity contribution in [3.8, 4) is 0 Å². The first-order valence-corrected chi connectivity index (χ1v) is 4.75. The van der Waals surface area contributed by atoms with Crippen LogP contribution in [0.4, 0.5) is 0 Å². The summed E-state index contributed by atoms with van der Waals surface area (Å²) in [5.41, 5.74) is 1.32. The smallest absolute Gasteiger partial charge is 0.0135 e. The van der Waals surface area contributed by atoms with Gasteiger partial charge in [-0.2, -0.15) is 0 Å². The molecular formula is C13H19N. The maximum absolute atomic E-state index is 3.54. The number of benzene rings is 1. The van der Waals surface area contributed by atoms with E-state index in [0.29, 0.717) is 0 Å². The van der Waals surface area contributed by atoms with Crippen LogP contribution < -0.4 is 5.32 Å². The number of hydrogen-bond donors (Lipinski definition) is 1. The summed E-state index contributed by atoms with van der Waals surface area (Å²) in [6.07, 6.45) is 3.65. The Morgan fingerprint density at radius 1 is 1.07 bits per heavy atom. The van der Waals surface area contributed by atoms with Gasteiger partial charge in [0.1, 0.15) is 0 Å². The van der Waals surface area contributed by atoms with E-state index < -0.39 is 0 Å². The van der Waals surface area contributed by atoms with E-state index in [1.165, 1.54) is 5.56 Å². The Bertz CT molecular complexity index is 231. The average Bonchev–Trinajstić information content (AvgIpc) is 2.21. The molecule has 1 rings (SSSR count). The predicted molar refractivity (Wildman–Crippen MR) is 64.4 cm³/mol. The van der Waals surface area contributed by atoms with E-state index in [2.05, 4.69) is 37.5 Å². The molecule has 1 heteroatoms. The molecule has 0 aliphatic carbocycles. The van der Waals surface area contributed by atoms with Crippen LogP contribution in [0.5, 0.6) is 0 Å². The highest BCUT2D eigenvalue weighted by molar-refractivity contribution is 5.11. The molecule has 0 aliphatic heterocycles. The highest BCUT2D eigenvalue weighted by Crippen LogP contribution is 1.92. The summed E-state index contributed by atoms with van der Waals surface area (Å²) in [6.45, 7) is 10.9. The minimum atomic E-state index is 0.867. The molecule has 0 atom stereocenters. The maximum Gasteiger partial charge on any atom is 0.0135 e. The van der Waals surface area contributed by atoms with Gasteiger partial charge in [0.15, 0.2) is 0 Å². The van der Waals surface area contributed by atoms with Gasteiger partial charge in [0.25, 0.3) is 0 Å². The Hall–Kier alpha value is -1.34. The molecule has 0 unspecified atom stereocenters. The topological polar surface area (TPSA) is 12.0 Å². The van der Waals surface area contributed by atoms with Crippen LogP contribution in [0.1, 0.15) is 5.56 Å². The fraction of sp³-hybridized carbons (Fsp3) is 0.231. The molecule has 1 aromatic rings. The van der Waals surface area contributed by atoms with Gasteiger partial charge in [0.2, 0.25) is 0 Å². The van der Waals surface area contributed by atoms with Crippen molar-refractivity contribution in [1.29, 1.82) is 0 Å². The van der Waals surface area contributed by atoms with E-state index in [1.54, 1.807) is 0 Å². The number of aryl methyl sites for hydroxylation is 1. The lowest BCUT2D eigenvalue weighted by Crippen LogP contribution is -2.11. The molecule has 0 bridgehead atoms. The molecule has 1 N–H and O–H groups in total. The van der Waals surface area contributed by atoms with Crippen LogP contribution in [0, 0.1) is 6.92 Å². The minimum Gasteiger partial charge on any atom is -0.310 e. The quantitative estimate of drug-likeness (QED) is 0.567. The van der Waals surface area contributed by atoms with Crippen LogP contribution in [0.15, 0.2) is 55.6 Å². The van der Waals surface area contributed by atoms with Crippen molar-refractivity contribution in [2.75, 3.05) is 13.1 Å². The van der Waals surface area contributed by atoms with Crippen LogP contribution in [0.2, 0.25) is 0 Å². The van der Waals surface area contributed by atoms with E-state index in [-0.39, 0.29) is 0 Å².